The summed E-state index contributed by atoms with van der Waals surface area (Å²) in [5.41, 5.74) is -0.231. The first-order valence-electron chi connectivity index (χ1n) is 8.13. The van der Waals surface area contributed by atoms with Crippen LogP contribution >= 0.6 is 0 Å². The first kappa shape index (κ1) is 18.7. The molecule has 1 saturated heterocycles. The number of alkyl halides is 3. The summed E-state index contributed by atoms with van der Waals surface area (Å²) >= 11 is 0. The fraction of sp³-hybridized carbons (Fsp3) is 0.588. The Labute approximate surface area is 139 Å². The number of β-amino-alcohol motifs (C(OH)–C–C–N with tert-alkyl or cyclic N) is 1. The van der Waals surface area contributed by atoms with Gasteiger partial charge < -0.3 is 10.0 Å². The Morgan fingerprint density at radius 2 is 2.00 bits per heavy atom. The quantitative estimate of drug-likeness (QED) is 0.893. The van der Waals surface area contributed by atoms with Crippen molar-refractivity contribution in [2.24, 2.45) is 0 Å². The van der Waals surface area contributed by atoms with Crippen LogP contribution in [0.3, 0.4) is 0 Å². The summed E-state index contributed by atoms with van der Waals surface area (Å²) in [6.45, 7) is 5.31. The number of likely N-dealkylation sites (tertiary alicyclic amines) is 1. The minimum absolute atomic E-state index is 0.0777. The van der Waals surface area contributed by atoms with Crippen LogP contribution < -0.4 is 0 Å². The first-order valence-corrected chi connectivity index (χ1v) is 8.13. The van der Waals surface area contributed by atoms with Crippen LogP contribution in [0.1, 0.15) is 37.4 Å². The largest absolute Gasteiger partial charge is 0.416 e. The van der Waals surface area contributed by atoms with Gasteiger partial charge in [0.1, 0.15) is 0 Å². The highest BCUT2D eigenvalue weighted by atomic mass is 19.4. The van der Waals surface area contributed by atoms with E-state index in [0.29, 0.717) is 25.1 Å². The van der Waals surface area contributed by atoms with Gasteiger partial charge in [-0.3, -0.25) is 9.69 Å². The highest BCUT2D eigenvalue weighted by molar-refractivity contribution is 5.78. The molecule has 1 amide bonds. The Morgan fingerprint density at radius 1 is 1.33 bits per heavy atom. The van der Waals surface area contributed by atoms with E-state index in [9.17, 15) is 23.1 Å². The van der Waals surface area contributed by atoms with Crippen molar-refractivity contribution in [3.8, 4) is 0 Å². The standard InChI is InChI=1S/C17H23F3N2O2/c1-3-21(4-2)16(24)11-22-10-14(23)9-15(22)12-6-5-7-13(8-12)17(18,19)20/h5-8,14-15,23H,3-4,9-11H2,1-2H3/t14-,15+/m1/s1. The van der Waals surface area contributed by atoms with E-state index in [4.69, 9.17) is 0 Å². The molecule has 0 aliphatic carbocycles. The zero-order valence-corrected chi connectivity index (χ0v) is 13.9. The molecular formula is C17H23F3N2O2. The number of aliphatic hydroxyl groups is 1. The molecule has 24 heavy (non-hydrogen) atoms. The number of carbonyl (C=O) groups is 1. The van der Waals surface area contributed by atoms with E-state index < -0.39 is 17.8 Å². The second-order valence-corrected chi connectivity index (χ2v) is 6.02. The normalized spacial score (nSPS) is 21.9. The maximum atomic E-state index is 12.9. The zero-order valence-electron chi connectivity index (χ0n) is 13.9. The van der Waals surface area contributed by atoms with Crippen LogP contribution in [-0.2, 0) is 11.0 Å². The molecule has 1 fully saturated rings. The van der Waals surface area contributed by atoms with Crippen LogP contribution in [0.5, 0.6) is 0 Å². The van der Waals surface area contributed by atoms with Crippen molar-refractivity contribution < 1.29 is 23.1 Å². The van der Waals surface area contributed by atoms with Gasteiger partial charge in [-0.05, 0) is 38.0 Å². The monoisotopic (exact) mass is 344 g/mol. The van der Waals surface area contributed by atoms with Crippen LogP contribution in [0, 0.1) is 0 Å². The Kier molecular flexibility index (Phi) is 5.87. The molecule has 0 aromatic heterocycles. The summed E-state index contributed by atoms with van der Waals surface area (Å²) in [7, 11) is 0. The number of halogens is 3. The summed E-state index contributed by atoms with van der Waals surface area (Å²) in [5, 5.41) is 9.94. The Balaban J connectivity index is 2.20. The predicted molar refractivity (Wildman–Crippen MR) is 84.3 cm³/mol. The van der Waals surface area contributed by atoms with Gasteiger partial charge in [-0.1, -0.05) is 12.1 Å². The van der Waals surface area contributed by atoms with Crippen molar-refractivity contribution in [2.75, 3.05) is 26.2 Å². The van der Waals surface area contributed by atoms with Crippen molar-refractivity contribution in [3.63, 3.8) is 0 Å². The van der Waals surface area contributed by atoms with Crippen LogP contribution in [0.4, 0.5) is 13.2 Å². The van der Waals surface area contributed by atoms with Crippen molar-refractivity contribution in [1.82, 2.24) is 9.80 Å². The fourth-order valence-electron chi connectivity index (χ4n) is 3.17. The van der Waals surface area contributed by atoms with Crippen LogP contribution in [0.25, 0.3) is 0 Å². The van der Waals surface area contributed by atoms with E-state index in [0.717, 1.165) is 12.1 Å². The van der Waals surface area contributed by atoms with Gasteiger partial charge in [0, 0.05) is 25.7 Å². The first-order chi connectivity index (χ1) is 11.3. The summed E-state index contributed by atoms with van der Waals surface area (Å²) in [4.78, 5) is 15.7. The number of aliphatic hydroxyl groups excluding tert-OH is 1. The average molecular weight is 344 g/mol. The topological polar surface area (TPSA) is 43.8 Å². The summed E-state index contributed by atoms with van der Waals surface area (Å²) < 4.78 is 38.7. The summed E-state index contributed by atoms with van der Waals surface area (Å²) in [6.07, 6.45) is -4.73. The molecule has 0 saturated carbocycles. The Bertz CT molecular complexity index is 573. The van der Waals surface area contributed by atoms with E-state index in [2.05, 4.69) is 0 Å². The molecule has 1 aliphatic heterocycles. The lowest BCUT2D eigenvalue weighted by Crippen LogP contribution is -2.40. The lowest BCUT2D eigenvalue weighted by atomic mass is 10.0. The highest BCUT2D eigenvalue weighted by Gasteiger charge is 2.36. The van der Waals surface area contributed by atoms with Crippen LogP contribution in [-0.4, -0.2) is 53.1 Å². The third-order valence-electron chi connectivity index (χ3n) is 4.43. The molecule has 134 valence electrons. The van der Waals surface area contributed by atoms with E-state index in [-0.39, 0.29) is 25.0 Å². The molecule has 4 nitrogen and oxygen atoms in total. The van der Waals surface area contributed by atoms with E-state index >= 15 is 0 Å². The second kappa shape index (κ2) is 7.53. The van der Waals surface area contributed by atoms with E-state index in [1.807, 2.05) is 13.8 Å². The zero-order chi connectivity index (χ0) is 17.9. The Hall–Kier alpha value is -1.60. The van der Waals surface area contributed by atoms with Crippen LogP contribution in [0.15, 0.2) is 24.3 Å². The van der Waals surface area contributed by atoms with Crippen molar-refractivity contribution >= 4 is 5.91 Å². The number of carbonyl (C=O) groups excluding carboxylic acids is 1. The number of rotatable bonds is 5. The molecule has 0 bridgehead atoms. The van der Waals surface area contributed by atoms with Crippen LogP contribution in [0.2, 0.25) is 0 Å². The molecule has 2 rings (SSSR count). The third kappa shape index (κ3) is 4.27. The second-order valence-electron chi connectivity index (χ2n) is 6.02. The molecule has 1 heterocycles. The number of hydrogen-bond donors (Lipinski definition) is 1. The minimum atomic E-state index is -4.41. The Morgan fingerprint density at radius 3 is 2.58 bits per heavy atom. The molecule has 1 aliphatic rings. The molecule has 0 unspecified atom stereocenters. The molecule has 1 aromatic rings. The average Bonchev–Trinajstić information content (AvgIpc) is 2.88. The number of likely N-dealkylation sites (N-methyl/N-ethyl adjacent to an activating group) is 1. The van der Waals surface area contributed by atoms with Gasteiger partial charge in [0.25, 0.3) is 0 Å². The van der Waals surface area contributed by atoms with Crippen molar-refractivity contribution in [2.45, 2.75) is 38.6 Å². The van der Waals surface area contributed by atoms with E-state index in [1.54, 1.807) is 15.9 Å². The highest BCUT2D eigenvalue weighted by Crippen LogP contribution is 2.36. The molecule has 7 heteroatoms. The summed E-state index contributed by atoms with van der Waals surface area (Å²) in [5.74, 6) is -0.0777. The molecule has 1 N–H and O–H groups in total. The van der Waals surface area contributed by atoms with E-state index in [1.165, 1.54) is 6.07 Å². The van der Waals surface area contributed by atoms with Gasteiger partial charge in [0.05, 0.1) is 18.2 Å². The predicted octanol–water partition coefficient (Wildman–Crippen LogP) is 2.68. The van der Waals surface area contributed by atoms with Gasteiger partial charge in [-0.25, -0.2) is 0 Å². The summed E-state index contributed by atoms with van der Waals surface area (Å²) in [6, 6.07) is 4.74. The van der Waals surface area contributed by atoms with Gasteiger partial charge in [-0.2, -0.15) is 13.2 Å². The fourth-order valence-corrected chi connectivity index (χ4v) is 3.17. The lowest BCUT2D eigenvalue weighted by molar-refractivity contribution is -0.137. The number of hydrogen-bond acceptors (Lipinski definition) is 3. The SMILES string of the molecule is CCN(CC)C(=O)CN1C[C@H](O)C[C@H]1c1cccc(C(F)(F)F)c1. The van der Waals surface area contributed by atoms with Crippen molar-refractivity contribution in [1.29, 1.82) is 0 Å². The maximum absolute atomic E-state index is 12.9. The third-order valence-corrected chi connectivity index (χ3v) is 4.43. The maximum Gasteiger partial charge on any atom is 0.416 e. The minimum Gasteiger partial charge on any atom is -0.392 e. The van der Waals surface area contributed by atoms with Crippen molar-refractivity contribution in [3.05, 3.63) is 35.4 Å². The molecule has 0 spiro atoms. The molecular weight excluding hydrogens is 321 g/mol. The molecule has 2 atom stereocenters. The van der Waals surface area contributed by atoms with Gasteiger partial charge in [0.2, 0.25) is 5.91 Å². The number of nitrogens with zero attached hydrogens (tertiary/aromatic N) is 2. The number of benzene rings is 1. The lowest BCUT2D eigenvalue weighted by Gasteiger charge is -2.27. The smallest absolute Gasteiger partial charge is 0.392 e. The number of amides is 1. The molecule has 0 radical (unpaired) electrons. The van der Waals surface area contributed by atoms with Gasteiger partial charge in [-0.15, -0.1) is 0 Å². The van der Waals surface area contributed by atoms with Gasteiger partial charge >= 0.3 is 6.18 Å². The van der Waals surface area contributed by atoms with Gasteiger partial charge in [0.15, 0.2) is 0 Å². The molecule has 1 aromatic carbocycles.